The lowest BCUT2D eigenvalue weighted by Crippen LogP contribution is -2.48. The molecule has 5 heteroatoms. The number of piperazine rings is 1. The number of benzene rings is 2. The molecule has 2 aromatic carbocycles. The lowest BCUT2D eigenvalue weighted by molar-refractivity contribution is 0.0629. The number of rotatable bonds is 4. The second kappa shape index (κ2) is 7.56. The average Bonchev–Trinajstić information content (AvgIpc) is 3.15. The summed E-state index contributed by atoms with van der Waals surface area (Å²) in [6, 6.07) is 14.1. The number of carbonyl (C=O) groups is 1. The first-order valence-corrected chi connectivity index (χ1v) is 10.0. The van der Waals surface area contributed by atoms with Crippen molar-refractivity contribution in [2.24, 2.45) is 0 Å². The molecule has 1 amide bonds. The topological polar surface area (TPSA) is 36.4 Å². The van der Waals surface area contributed by atoms with Gasteiger partial charge in [0.25, 0.3) is 5.91 Å². The van der Waals surface area contributed by atoms with Crippen LogP contribution in [0.15, 0.2) is 47.8 Å². The molecule has 0 spiro atoms. The maximum absolute atomic E-state index is 13.0. The molecule has 0 N–H and O–H groups in total. The van der Waals surface area contributed by atoms with E-state index >= 15 is 0 Å². The van der Waals surface area contributed by atoms with E-state index in [-0.39, 0.29) is 5.91 Å². The quantitative estimate of drug-likeness (QED) is 0.705. The molecule has 0 aliphatic carbocycles. The molecule has 0 atom stereocenters. The number of thiazole rings is 1. The van der Waals surface area contributed by atoms with E-state index in [2.05, 4.69) is 34.3 Å². The van der Waals surface area contributed by atoms with Crippen LogP contribution in [0.2, 0.25) is 0 Å². The Balaban J connectivity index is 1.41. The van der Waals surface area contributed by atoms with Gasteiger partial charge in [-0.2, -0.15) is 0 Å². The lowest BCUT2D eigenvalue weighted by Gasteiger charge is -2.34. The first-order chi connectivity index (χ1) is 12.7. The minimum Gasteiger partial charge on any atom is -0.336 e. The molecule has 0 bridgehead atoms. The molecule has 2 heterocycles. The SMILES string of the molecule is CCc1nc(CN2CCN(C(=O)c3cccc4ccccc34)CC2)cs1. The summed E-state index contributed by atoms with van der Waals surface area (Å²) in [4.78, 5) is 22.0. The summed E-state index contributed by atoms with van der Waals surface area (Å²) >= 11 is 1.74. The Kier molecular flexibility index (Phi) is 5.00. The summed E-state index contributed by atoms with van der Waals surface area (Å²) in [6.07, 6.45) is 0.998. The highest BCUT2D eigenvalue weighted by atomic mass is 32.1. The summed E-state index contributed by atoms with van der Waals surface area (Å²) in [5, 5.41) is 5.51. The van der Waals surface area contributed by atoms with Gasteiger partial charge in [0.05, 0.1) is 10.7 Å². The van der Waals surface area contributed by atoms with Crippen molar-refractivity contribution in [1.82, 2.24) is 14.8 Å². The molecular formula is C21H23N3OS. The van der Waals surface area contributed by atoms with Gasteiger partial charge in [0.2, 0.25) is 0 Å². The van der Waals surface area contributed by atoms with Gasteiger partial charge in [-0.3, -0.25) is 9.69 Å². The largest absolute Gasteiger partial charge is 0.336 e. The standard InChI is InChI=1S/C21H23N3OS/c1-2-20-22-17(15-26-20)14-23-10-12-24(13-11-23)21(25)19-9-5-7-16-6-3-4-8-18(16)19/h3-9,15H,2,10-14H2,1H3. The molecule has 1 aliphatic rings. The van der Waals surface area contributed by atoms with E-state index in [9.17, 15) is 4.79 Å². The van der Waals surface area contributed by atoms with E-state index in [4.69, 9.17) is 0 Å². The first kappa shape index (κ1) is 17.2. The van der Waals surface area contributed by atoms with Crippen molar-refractivity contribution >= 4 is 28.0 Å². The first-order valence-electron chi connectivity index (χ1n) is 9.17. The molecule has 3 aromatic rings. The van der Waals surface area contributed by atoms with Gasteiger partial charge in [0.15, 0.2) is 0 Å². The number of amides is 1. The molecule has 1 saturated heterocycles. The van der Waals surface area contributed by atoms with Crippen LogP contribution in [0.4, 0.5) is 0 Å². The van der Waals surface area contributed by atoms with Crippen LogP contribution >= 0.6 is 11.3 Å². The predicted molar refractivity (Wildman–Crippen MR) is 107 cm³/mol. The van der Waals surface area contributed by atoms with Gasteiger partial charge in [-0.05, 0) is 23.3 Å². The Hall–Kier alpha value is -2.24. The second-order valence-electron chi connectivity index (χ2n) is 6.68. The highest BCUT2D eigenvalue weighted by molar-refractivity contribution is 7.09. The van der Waals surface area contributed by atoms with Gasteiger partial charge in [-0.25, -0.2) is 4.98 Å². The maximum Gasteiger partial charge on any atom is 0.254 e. The van der Waals surface area contributed by atoms with Gasteiger partial charge in [-0.1, -0.05) is 43.3 Å². The van der Waals surface area contributed by atoms with Crippen LogP contribution in [0.25, 0.3) is 10.8 Å². The fourth-order valence-corrected chi connectivity index (χ4v) is 4.24. The van der Waals surface area contributed by atoms with Crippen LogP contribution in [-0.4, -0.2) is 46.9 Å². The van der Waals surface area contributed by atoms with Gasteiger partial charge in [0, 0.05) is 43.7 Å². The Morgan fingerprint density at radius 3 is 2.62 bits per heavy atom. The summed E-state index contributed by atoms with van der Waals surface area (Å²) in [5.41, 5.74) is 1.96. The Bertz CT molecular complexity index is 907. The summed E-state index contributed by atoms with van der Waals surface area (Å²) in [7, 11) is 0. The number of fused-ring (bicyclic) bond motifs is 1. The number of nitrogens with zero attached hydrogens (tertiary/aromatic N) is 3. The lowest BCUT2D eigenvalue weighted by atomic mass is 10.0. The molecule has 26 heavy (non-hydrogen) atoms. The van der Waals surface area contributed by atoms with Crippen molar-refractivity contribution < 1.29 is 4.79 Å². The monoisotopic (exact) mass is 365 g/mol. The highest BCUT2D eigenvalue weighted by Crippen LogP contribution is 2.21. The zero-order chi connectivity index (χ0) is 17.9. The van der Waals surface area contributed by atoms with Gasteiger partial charge < -0.3 is 4.90 Å². The number of aryl methyl sites for hydroxylation is 1. The van der Waals surface area contributed by atoms with Crippen molar-refractivity contribution in [2.75, 3.05) is 26.2 Å². The van der Waals surface area contributed by atoms with Crippen LogP contribution in [0.3, 0.4) is 0 Å². The Labute approximate surface area is 158 Å². The number of carbonyl (C=O) groups excluding carboxylic acids is 1. The smallest absolute Gasteiger partial charge is 0.254 e. The second-order valence-corrected chi connectivity index (χ2v) is 7.62. The minimum absolute atomic E-state index is 0.142. The van der Waals surface area contributed by atoms with Gasteiger partial charge in [0.1, 0.15) is 0 Å². The third-order valence-electron chi connectivity index (χ3n) is 4.97. The van der Waals surface area contributed by atoms with E-state index < -0.39 is 0 Å². The fraction of sp³-hybridized carbons (Fsp3) is 0.333. The summed E-state index contributed by atoms with van der Waals surface area (Å²) < 4.78 is 0. The molecule has 4 nitrogen and oxygen atoms in total. The van der Waals surface area contributed by atoms with E-state index in [1.165, 1.54) is 5.01 Å². The maximum atomic E-state index is 13.0. The molecule has 1 aliphatic heterocycles. The summed E-state index contributed by atoms with van der Waals surface area (Å²) in [6.45, 7) is 6.36. The number of hydrogen-bond donors (Lipinski definition) is 0. The third-order valence-corrected chi connectivity index (χ3v) is 6.01. The molecule has 0 radical (unpaired) electrons. The van der Waals surface area contributed by atoms with Crippen molar-refractivity contribution in [3.05, 3.63) is 64.1 Å². The molecule has 1 fully saturated rings. The molecule has 134 valence electrons. The van der Waals surface area contributed by atoms with Crippen molar-refractivity contribution in [1.29, 1.82) is 0 Å². The zero-order valence-electron chi connectivity index (χ0n) is 15.0. The third kappa shape index (κ3) is 3.50. The van der Waals surface area contributed by atoms with Crippen LogP contribution in [0.1, 0.15) is 28.0 Å². The van der Waals surface area contributed by atoms with Gasteiger partial charge in [-0.15, -0.1) is 11.3 Å². The highest BCUT2D eigenvalue weighted by Gasteiger charge is 2.23. The predicted octanol–water partition coefficient (Wildman–Crippen LogP) is 3.82. The van der Waals surface area contributed by atoms with Crippen molar-refractivity contribution in [2.45, 2.75) is 19.9 Å². The molecule has 0 unspecified atom stereocenters. The van der Waals surface area contributed by atoms with E-state index in [1.54, 1.807) is 11.3 Å². The zero-order valence-corrected chi connectivity index (χ0v) is 15.8. The van der Waals surface area contributed by atoms with Crippen LogP contribution in [0.5, 0.6) is 0 Å². The van der Waals surface area contributed by atoms with Gasteiger partial charge >= 0.3 is 0 Å². The molecule has 1 aromatic heterocycles. The Morgan fingerprint density at radius 1 is 1.08 bits per heavy atom. The Morgan fingerprint density at radius 2 is 1.85 bits per heavy atom. The molecule has 4 rings (SSSR count). The van der Waals surface area contributed by atoms with Crippen LogP contribution < -0.4 is 0 Å². The van der Waals surface area contributed by atoms with Crippen LogP contribution in [-0.2, 0) is 13.0 Å². The number of hydrogen-bond acceptors (Lipinski definition) is 4. The van der Waals surface area contributed by atoms with E-state index in [0.717, 1.165) is 61.2 Å². The van der Waals surface area contributed by atoms with Crippen molar-refractivity contribution in [3.63, 3.8) is 0 Å². The van der Waals surface area contributed by atoms with Crippen LogP contribution in [0, 0.1) is 0 Å². The van der Waals surface area contributed by atoms with Crippen molar-refractivity contribution in [3.8, 4) is 0 Å². The number of aromatic nitrogens is 1. The fourth-order valence-electron chi connectivity index (χ4n) is 3.50. The molecular weight excluding hydrogens is 342 g/mol. The normalized spacial score (nSPS) is 15.5. The van der Waals surface area contributed by atoms with E-state index in [1.807, 2.05) is 35.2 Å². The molecule has 0 saturated carbocycles. The summed E-state index contributed by atoms with van der Waals surface area (Å²) in [5.74, 6) is 0.142. The average molecular weight is 366 g/mol. The minimum atomic E-state index is 0.142. The van der Waals surface area contributed by atoms with E-state index in [0.29, 0.717) is 0 Å².